The second-order valence-corrected chi connectivity index (χ2v) is 8.22. The standard InChI is InChI=1S/C18H24N4O4S/c1-20(2)12-11-19-27(25,26)16-9-10-17(18(13-16)22(23)24)21(3)14-15-7-5-4-6-8-15/h4-10,13,19H,11-12,14H2,1-3H3. The molecule has 0 fully saturated rings. The Labute approximate surface area is 159 Å². The van der Waals surface area contributed by atoms with Crippen LogP contribution < -0.4 is 9.62 Å². The van der Waals surface area contributed by atoms with E-state index in [1.54, 1.807) is 11.9 Å². The molecule has 27 heavy (non-hydrogen) atoms. The summed E-state index contributed by atoms with van der Waals surface area (Å²) >= 11 is 0. The molecule has 146 valence electrons. The summed E-state index contributed by atoms with van der Waals surface area (Å²) in [5, 5.41) is 11.5. The number of benzene rings is 2. The van der Waals surface area contributed by atoms with Crippen LogP contribution in [0.1, 0.15) is 5.56 Å². The lowest BCUT2D eigenvalue weighted by Crippen LogP contribution is -2.31. The molecule has 0 saturated heterocycles. The molecule has 8 nitrogen and oxygen atoms in total. The van der Waals surface area contributed by atoms with Crippen molar-refractivity contribution in [1.29, 1.82) is 0 Å². The van der Waals surface area contributed by atoms with Crippen LogP contribution in [0.3, 0.4) is 0 Å². The zero-order valence-electron chi connectivity index (χ0n) is 15.6. The van der Waals surface area contributed by atoms with Crippen molar-refractivity contribution in [1.82, 2.24) is 9.62 Å². The van der Waals surface area contributed by atoms with E-state index in [4.69, 9.17) is 0 Å². The van der Waals surface area contributed by atoms with E-state index in [2.05, 4.69) is 4.72 Å². The van der Waals surface area contributed by atoms with Crippen molar-refractivity contribution in [2.45, 2.75) is 11.4 Å². The lowest BCUT2D eigenvalue weighted by molar-refractivity contribution is -0.384. The molecule has 0 saturated carbocycles. The fraction of sp³-hybridized carbons (Fsp3) is 0.333. The minimum absolute atomic E-state index is 0.121. The van der Waals surface area contributed by atoms with Gasteiger partial charge in [-0.15, -0.1) is 0 Å². The summed E-state index contributed by atoms with van der Waals surface area (Å²) < 4.78 is 27.2. The summed E-state index contributed by atoms with van der Waals surface area (Å²) in [6, 6.07) is 13.5. The van der Waals surface area contributed by atoms with Gasteiger partial charge in [0, 0.05) is 32.7 Å². The highest BCUT2D eigenvalue weighted by Gasteiger charge is 2.23. The zero-order valence-corrected chi connectivity index (χ0v) is 16.4. The normalized spacial score (nSPS) is 11.6. The van der Waals surface area contributed by atoms with Crippen LogP contribution in [-0.2, 0) is 16.6 Å². The first-order valence-electron chi connectivity index (χ1n) is 8.38. The van der Waals surface area contributed by atoms with Gasteiger partial charge in [-0.2, -0.15) is 0 Å². The molecule has 0 heterocycles. The topological polar surface area (TPSA) is 95.8 Å². The molecule has 2 aromatic carbocycles. The van der Waals surface area contributed by atoms with Crippen LogP contribution >= 0.6 is 0 Å². The molecule has 0 spiro atoms. The van der Waals surface area contributed by atoms with Gasteiger partial charge < -0.3 is 9.80 Å². The zero-order chi connectivity index (χ0) is 20.0. The fourth-order valence-electron chi connectivity index (χ4n) is 2.57. The molecule has 9 heteroatoms. The number of nitro benzene ring substituents is 1. The monoisotopic (exact) mass is 392 g/mol. The van der Waals surface area contributed by atoms with E-state index in [9.17, 15) is 18.5 Å². The maximum atomic E-state index is 12.4. The Hall–Kier alpha value is -2.49. The van der Waals surface area contributed by atoms with Crippen LogP contribution in [0, 0.1) is 10.1 Å². The number of nitro groups is 1. The molecule has 0 aliphatic heterocycles. The third kappa shape index (κ3) is 5.75. The molecular weight excluding hydrogens is 368 g/mol. The second kappa shape index (κ2) is 8.94. The predicted molar refractivity (Wildman–Crippen MR) is 105 cm³/mol. The molecule has 0 atom stereocenters. The van der Waals surface area contributed by atoms with Crippen molar-refractivity contribution in [3.05, 3.63) is 64.2 Å². The van der Waals surface area contributed by atoms with Crippen LogP contribution in [-0.4, -0.2) is 52.5 Å². The summed E-state index contributed by atoms with van der Waals surface area (Å²) in [6.07, 6.45) is 0. The average molecular weight is 392 g/mol. The number of nitrogens with zero attached hydrogens (tertiary/aromatic N) is 3. The van der Waals surface area contributed by atoms with E-state index < -0.39 is 14.9 Å². The summed E-state index contributed by atoms with van der Waals surface area (Å²) in [5.41, 5.74) is 1.11. The number of rotatable bonds is 9. The predicted octanol–water partition coefficient (Wildman–Crippen LogP) is 2.07. The number of nitrogens with one attached hydrogen (secondary N) is 1. The first-order chi connectivity index (χ1) is 12.7. The molecular formula is C18H24N4O4S. The highest BCUT2D eigenvalue weighted by Crippen LogP contribution is 2.31. The van der Waals surface area contributed by atoms with Gasteiger partial charge >= 0.3 is 0 Å². The Morgan fingerprint density at radius 2 is 1.74 bits per heavy atom. The summed E-state index contributed by atoms with van der Waals surface area (Å²) in [6.45, 7) is 1.22. The van der Waals surface area contributed by atoms with E-state index in [-0.39, 0.29) is 17.1 Å². The Bertz CT molecular complexity index is 885. The molecule has 0 radical (unpaired) electrons. The lowest BCUT2D eigenvalue weighted by atomic mass is 10.2. The Kier molecular flexibility index (Phi) is 6.89. The number of hydrogen-bond donors (Lipinski definition) is 1. The van der Waals surface area contributed by atoms with Crippen molar-refractivity contribution in [3.8, 4) is 0 Å². The van der Waals surface area contributed by atoms with Gasteiger partial charge in [0.05, 0.1) is 9.82 Å². The molecule has 0 aromatic heterocycles. The second-order valence-electron chi connectivity index (χ2n) is 6.45. The summed E-state index contributed by atoms with van der Waals surface area (Å²) in [7, 11) is 1.58. The number of likely N-dealkylation sites (N-methyl/N-ethyl adjacent to an activating group) is 1. The van der Waals surface area contributed by atoms with E-state index >= 15 is 0 Å². The van der Waals surface area contributed by atoms with Gasteiger partial charge in [0.25, 0.3) is 5.69 Å². The molecule has 2 aromatic rings. The lowest BCUT2D eigenvalue weighted by Gasteiger charge is -2.20. The van der Waals surface area contributed by atoms with Crippen LogP contribution in [0.4, 0.5) is 11.4 Å². The average Bonchev–Trinajstić information content (AvgIpc) is 2.61. The van der Waals surface area contributed by atoms with Crippen LogP contribution in [0.25, 0.3) is 0 Å². The molecule has 0 amide bonds. The number of hydrogen-bond acceptors (Lipinski definition) is 6. The van der Waals surface area contributed by atoms with Crippen LogP contribution in [0.5, 0.6) is 0 Å². The smallest absolute Gasteiger partial charge is 0.293 e. The highest BCUT2D eigenvalue weighted by atomic mass is 32.2. The van der Waals surface area contributed by atoms with Crippen LogP contribution in [0.15, 0.2) is 53.4 Å². The van der Waals surface area contributed by atoms with Crippen molar-refractivity contribution >= 4 is 21.4 Å². The Morgan fingerprint density at radius 1 is 1.07 bits per heavy atom. The SMILES string of the molecule is CN(C)CCNS(=O)(=O)c1ccc(N(C)Cc2ccccc2)c([N+](=O)[O-])c1. The van der Waals surface area contributed by atoms with E-state index in [1.807, 2.05) is 49.3 Å². The minimum Gasteiger partial charge on any atom is -0.365 e. The third-order valence-electron chi connectivity index (χ3n) is 3.98. The first kappa shape index (κ1) is 20.8. The van der Waals surface area contributed by atoms with E-state index in [0.29, 0.717) is 18.8 Å². The van der Waals surface area contributed by atoms with Crippen molar-refractivity contribution in [3.63, 3.8) is 0 Å². The van der Waals surface area contributed by atoms with Gasteiger partial charge in [-0.1, -0.05) is 30.3 Å². The van der Waals surface area contributed by atoms with Gasteiger partial charge in [-0.25, -0.2) is 13.1 Å². The van der Waals surface area contributed by atoms with Gasteiger partial charge in [-0.05, 0) is 31.8 Å². The van der Waals surface area contributed by atoms with Gasteiger partial charge in [-0.3, -0.25) is 10.1 Å². The largest absolute Gasteiger partial charge is 0.365 e. The van der Waals surface area contributed by atoms with Crippen molar-refractivity contribution in [2.75, 3.05) is 39.1 Å². The van der Waals surface area contributed by atoms with E-state index in [0.717, 1.165) is 11.6 Å². The quantitative estimate of drug-likeness (QED) is 0.518. The van der Waals surface area contributed by atoms with Gasteiger partial charge in [0.2, 0.25) is 10.0 Å². The highest BCUT2D eigenvalue weighted by molar-refractivity contribution is 7.89. The van der Waals surface area contributed by atoms with E-state index in [1.165, 1.54) is 12.1 Å². The molecule has 0 unspecified atom stereocenters. The number of sulfonamides is 1. The maximum Gasteiger partial charge on any atom is 0.293 e. The molecule has 2 rings (SSSR count). The molecule has 0 aliphatic carbocycles. The molecule has 1 N–H and O–H groups in total. The Balaban J connectivity index is 2.27. The first-order valence-corrected chi connectivity index (χ1v) is 9.87. The van der Waals surface area contributed by atoms with Crippen molar-refractivity contribution in [2.24, 2.45) is 0 Å². The van der Waals surface area contributed by atoms with Crippen LogP contribution in [0.2, 0.25) is 0 Å². The molecule has 0 bridgehead atoms. The summed E-state index contributed by atoms with van der Waals surface area (Å²) in [4.78, 5) is 14.4. The fourth-order valence-corrected chi connectivity index (χ4v) is 3.61. The number of anilines is 1. The van der Waals surface area contributed by atoms with Gasteiger partial charge in [0.15, 0.2) is 0 Å². The van der Waals surface area contributed by atoms with Crippen molar-refractivity contribution < 1.29 is 13.3 Å². The van der Waals surface area contributed by atoms with Gasteiger partial charge in [0.1, 0.15) is 5.69 Å². The third-order valence-corrected chi connectivity index (χ3v) is 5.44. The molecule has 0 aliphatic rings. The Morgan fingerprint density at radius 3 is 2.33 bits per heavy atom. The maximum absolute atomic E-state index is 12.4. The summed E-state index contributed by atoms with van der Waals surface area (Å²) in [5.74, 6) is 0. The minimum atomic E-state index is -3.81.